The highest BCUT2D eigenvalue weighted by Gasteiger charge is 2.27. The van der Waals surface area contributed by atoms with Crippen LogP contribution in [0.1, 0.15) is 26.2 Å². The maximum absolute atomic E-state index is 11.4. The standard InChI is InChI=1S/C11H21N3O3/c1-2-14(8-3-4-8)6-5-13-11(17)9(12)7-10(15)16/h8-9H,2-7,12H2,1H3,(H,13,17)(H,15,16). The molecular weight excluding hydrogens is 222 g/mol. The molecule has 0 aromatic rings. The quantitative estimate of drug-likeness (QED) is 0.528. The van der Waals surface area contributed by atoms with Crippen LogP contribution in [0.2, 0.25) is 0 Å². The third kappa shape index (κ3) is 5.14. The van der Waals surface area contributed by atoms with Crippen LogP contribution in [0.3, 0.4) is 0 Å². The van der Waals surface area contributed by atoms with Gasteiger partial charge in [0, 0.05) is 19.1 Å². The van der Waals surface area contributed by atoms with E-state index in [1.54, 1.807) is 0 Å². The number of nitrogens with one attached hydrogen (secondary N) is 1. The third-order valence-corrected chi connectivity index (χ3v) is 2.90. The van der Waals surface area contributed by atoms with Gasteiger partial charge >= 0.3 is 5.97 Å². The maximum atomic E-state index is 11.4. The van der Waals surface area contributed by atoms with Crippen molar-refractivity contribution in [3.63, 3.8) is 0 Å². The minimum atomic E-state index is -1.05. The van der Waals surface area contributed by atoms with Crippen molar-refractivity contribution in [3.8, 4) is 0 Å². The van der Waals surface area contributed by atoms with E-state index in [0.29, 0.717) is 12.6 Å². The van der Waals surface area contributed by atoms with Gasteiger partial charge in [0.25, 0.3) is 0 Å². The minimum Gasteiger partial charge on any atom is -0.481 e. The van der Waals surface area contributed by atoms with Gasteiger partial charge in [0.05, 0.1) is 12.5 Å². The van der Waals surface area contributed by atoms with Gasteiger partial charge < -0.3 is 16.2 Å². The van der Waals surface area contributed by atoms with Gasteiger partial charge in [-0.3, -0.25) is 14.5 Å². The van der Waals surface area contributed by atoms with Gasteiger partial charge in [0.2, 0.25) is 5.91 Å². The lowest BCUT2D eigenvalue weighted by Gasteiger charge is -2.20. The molecule has 1 rings (SSSR count). The fourth-order valence-corrected chi connectivity index (χ4v) is 1.77. The highest BCUT2D eigenvalue weighted by Crippen LogP contribution is 2.25. The molecule has 0 saturated heterocycles. The van der Waals surface area contributed by atoms with E-state index in [4.69, 9.17) is 10.8 Å². The number of carboxylic acid groups (broad SMARTS) is 1. The first-order valence-electron chi connectivity index (χ1n) is 6.03. The number of nitrogens with zero attached hydrogens (tertiary/aromatic N) is 1. The van der Waals surface area contributed by atoms with Crippen molar-refractivity contribution < 1.29 is 14.7 Å². The summed E-state index contributed by atoms with van der Waals surface area (Å²) in [5, 5.41) is 11.2. The average molecular weight is 243 g/mol. The molecule has 1 fully saturated rings. The lowest BCUT2D eigenvalue weighted by Crippen LogP contribution is -2.44. The van der Waals surface area contributed by atoms with E-state index in [0.717, 1.165) is 13.1 Å². The summed E-state index contributed by atoms with van der Waals surface area (Å²) in [6.45, 7) is 4.39. The molecule has 0 aromatic heterocycles. The van der Waals surface area contributed by atoms with Crippen molar-refractivity contribution in [2.75, 3.05) is 19.6 Å². The molecular formula is C11H21N3O3. The largest absolute Gasteiger partial charge is 0.481 e. The van der Waals surface area contributed by atoms with Gasteiger partial charge in [-0.15, -0.1) is 0 Å². The Morgan fingerprint density at radius 1 is 1.53 bits per heavy atom. The number of hydrogen-bond acceptors (Lipinski definition) is 4. The molecule has 0 aromatic carbocycles. The second-order valence-corrected chi connectivity index (χ2v) is 4.36. The molecule has 1 aliphatic carbocycles. The predicted molar refractivity (Wildman–Crippen MR) is 63.5 cm³/mol. The Hall–Kier alpha value is -1.14. The summed E-state index contributed by atoms with van der Waals surface area (Å²) in [6, 6.07) is -0.284. The van der Waals surface area contributed by atoms with Gasteiger partial charge in [-0.25, -0.2) is 0 Å². The molecule has 6 heteroatoms. The number of amides is 1. The normalized spacial score (nSPS) is 16.9. The Morgan fingerprint density at radius 3 is 2.65 bits per heavy atom. The first-order chi connectivity index (χ1) is 8.04. The van der Waals surface area contributed by atoms with Gasteiger partial charge in [-0.05, 0) is 19.4 Å². The number of aliphatic carboxylic acids is 1. The first-order valence-corrected chi connectivity index (χ1v) is 6.03. The molecule has 4 N–H and O–H groups in total. The molecule has 6 nitrogen and oxygen atoms in total. The summed E-state index contributed by atoms with van der Waals surface area (Å²) in [5.74, 6) is -1.44. The molecule has 0 radical (unpaired) electrons. The van der Waals surface area contributed by atoms with Crippen molar-refractivity contribution in [3.05, 3.63) is 0 Å². The maximum Gasteiger partial charge on any atom is 0.305 e. The van der Waals surface area contributed by atoms with Gasteiger partial charge in [-0.2, -0.15) is 0 Å². The van der Waals surface area contributed by atoms with Crippen molar-refractivity contribution >= 4 is 11.9 Å². The van der Waals surface area contributed by atoms with E-state index in [-0.39, 0.29) is 12.3 Å². The van der Waals surface area contributed by atoms with E-state index in [1.807, 2.05) is 0 Å². The Labute approximate surface area is 101 Å². The molecule has 0 heterocycles. The molecule has 1 unspecified atom stereocenters. The van der Waals surface area contributed by atoms with E-state index in [1.165, 1.54) is 12.8 Å². The zero-order valence-electron chi connectivity index (χ0n) is 10.2. The number of carboxylic acids is 1. The average Bonchev–Trinajstić information content (AvgIpc) is 3.07. The van der Waals surface area contributed by atoms with Crippen LogP contribution in [0.15, 0.2) is 0 Å². The Morgan fingerprint density at radius 2 is 2.18 bits per heavy atom. The molecule has 1 amide bonds. The topological polar surface area (TPSA) is 95.7 Å². The Kier molecular flexibility index (Phi) is 5.37. The highest BCUT2D eigenvalue weighted by molar-refractivity contribution is 5.85. The second-order valence-electron chi connectivity index (χ2n) is 4.36. The molecule has 17 heavy (non-hydrogen) atoms. The van der Waals surface area contributed by atoms with Gasteiger partial charge in [0.15, 0.2) is 0 Å². The lowest BCUT2D eigenvalue weighted by molar-refractivity contribution is -0.139. The summed E-state index contributed by atoms with van der Waals surface area (Å²) >= 11 is 0. The smallest absolute Gasteiger partial charge is 0.305 e. The second kappa shape index (κ2) is 6.56. The minimum absolute atomic E-state index is 0.327. The van der Waals surface area contributed by atoms with Crippen LogP contribution in [0.5, 0.6) is 0 Å². The van der Waals surface area contributed by atoms with E-state index in [2.05, 4.69) is 17.1 Å². The summed E-state index contributed by atoms with van der Waals surface area (Å²) in [6.07, 6.45) is 2.15. The molecule has 1 aliphatic rings. The molecule has 0 bridgehead atoms. The number of carbonyl (C=O) groups excluding carboxylic acids is 1. The highest BCUT2D eigenvalue weighted by atomic mass is 16.4. The number of likely N-dealkylation sites (N-methyl/N-ethyl adjacent to an activating group) is 1. The lowest BCUT2D eigenvalue weighted by atomic mass is 10.2. The van der Waals surface area contributed by atoms with Crippen LogP contribution in [0, 0.1) is 0 Å². The van der Waals surface area contributed by atoms with Crippen LogP contribution < -0.4 is 11.1 Å². The fraction of sp³-hybridized carbons (Fsp3) is 0.818. The van der Waals surface area contributed by atoms with Crippen molar-refractivity contribution in [2.45, 2.75) is 38.3 Å². The predicted octanol–water partition coefficient (Wildman–Crippen LogP) is -0.611. The van der Waals surface area contributed by atoms with Crippen molar-refractivity contribution in [1.82, 2.24) is 10.2 Å². The van der Waals surface area contributed by atoms with Crippen molar-refractivity contribution in [1.29, 1.82) is 0 Å². The molecule has 1 atom stereocenters. The van der Waals surface area contributed by atoms with Crippen LogP contribution >= 0.6 is 0 Å². The zero-order valence-corrected chi connectivity index (χ0v) is 10.2. The molecule has 0 spiro atoms. The Balaban J connectivity index is 2.16. The number of rotatable bonds is 8. The summed E-state index contributed by atoms with van der Waals surface area (Å²) in [7, 11) is 0. The molecule has 1 saturated carbocycles. The molecule has 98 valence electrons. The fourth-order valence-electron chi connectivity index (χ4n) is 1.77. The Bertz CT molecular complexity index is 279. The van der Waals surface area contributed by atoms with Crippen LogP contribution in [-0.2, 0) is 9.59 Å². The van der Waals surface area contributed by atoms with E-state index in [9.17, 15) is 9.59 Å². The van der Waals surface area contributed by atoms with Crippen LogP contribution in [0.25, 0.3) is 0 Å². The summed E-state index contributed by atoms with van der Waals surface area (Å²) in [4.78, 5) is 24.1. The first kappa shape index (κ1) is 13.9. The summed E-state index contributed by atoms with van der Waals surface area (Å²) in [5.41, 5.74) is 5.43. The summed E-state index contributed by atoms with van der Waals surface area (Å²) < 4.78 is 0. The monoisotopic (exact) mass is 243 g/mol. The number of hydrogen-bond donors (Lipinski definition) is 3. The van der Waals surface area contributed by atoms with Crippen LogP contribution in [-0.4, -0.2) is 53.6 Å². The van der Waals surface area contributed by atoms with Gasteiger partial charge in [0.1, 0.15) is 0 Å². The third-order valence-electron chi connectivity index (χ3n) is 2.90. The van der Waals surface area contributed by atoms with E-state index >= 15 is 0 Å². The van der Waals surface area contributed by atoms with Crippen molar-refractivity contribution in [2.24, 2.45) is 5.73 Å². The van der Waals surface area contributed by atoms with E-state index < -0.39 is 12.0 Å². The zero-order chi connectivity index (χ0) is 12.8. The van der Waals surface area contributed by atoms with Crippen LogP contribution in [0.4, 0.5) is 0 Å². The number of nitrogens with two attached hydrogens (primary N) is 1. The SMILES string of the molecule is CCN(CCNC(=O)C(N)CC(=O)O)C1CC1. The number of carbonyl (C=O) groups is 2. The molecule has 0 aliphatic heterocycles. The van der Waals surface area contributed by atoms with Gasteiger partial charge in [-0.1, -0.05) is 6.92 Å².